The van der Waals surface area contributed by atoms with Crippen molar-refractivity contribution in [2.45, 2.75) is 58.0 Å². The molecule has 1 aromatic heterocycles. The Balaban J connectivity index is 1.87. The standard InChI is InChI=1S/C15H23ClN2OS/c1-2-18(11-13-9-10-14(16)20-13)15(19)17-12-7-5-3-4-6-8-12/h9-10,12H,2-8,11H2,1H3,(H,17,19). The molecule has 1 saturated carbocycles. The molecule has 0 saturated heterocycles. The van der Waals surface area contributed by atoms with E-state index >= 15 is 0 Å². The van der Waals surface area contributed by atoms with Gasteiger partial charge in [-0.2, -0.15) is 0 Å². The van der Waals surface area contributed by atoms with Gasteiger partial charge in [0.1, 0.15) is 0 Å². The number of urea groups is 1. The van der Waals surface area contributed by atoms with Crippen LogP contribution >= 0.6 is 22.9 Å². The lowest BCUT2D eigenvalue weighted by Gasteiger charge is -2.24. The minimum absolute atomic E-state index is 0.0592. The normalized spacial score (nSPS) is 16.7. The first-order valence-electron chi connectivity index (χ1n) is 7.48. The molecule has 1 aromatic rings. The van der Waals surface area contributed by atoms with Crippen LogP contribution in [0.4, 0.5) is 4.79 Å². The van der Waals surface area contributed by atoms with E-state index in [-0.39, 0.29) is 6.03 Å². The molecule has 0 spiro atoms. The maximum Gasteiger partial charge on any atom is 0.317 e. The Morgan fingerprint density at radius 1 is 1.35 bits per heavy atom. The topological polar surface area (TPSA) is 32.3 Å². The van der Waals surface area contributed by atoms with Gasteiger partial charge in [-0.25, -0.2) is 4.79 Å². The summed E-state index contributed by atoms with van der Waals surface area (Å²) in [5.74, 6) is 0. The van der Waals surface area contributed by atoms with Gasteiger partial charge in [-0.1, -0.05) is 37.3 Å². The van der Waals surface area contributed by atoms with Crippen LogP contribution in [0.15, 0.2) is 12.1 Å². The zero-order chi connectivity index (χ0) is 14.4. The summed E-state index contributed by atoms with van der Waals surface area (Å²) in [6, 6.07) is 4.29. The van der Waals surface area contributed by atoms with Gasteiger partial charge in [0.2, 0.25) is 0 Å². The first-order chi connectivity index (χ1) is 9.69. The van der Waals surface area contributed by atoms with Crippen molar-refractivity contribution < 1.29 is 4.79 Å². The molecule has 0 bridgehead atoms. The summed E-state index contributed by atoms with van der Waals surface area (Å²) in [4.78, 5) is 15.3. The van der Waals surface area contributed by atoms with Gasteiger partial charge in [0.25, 0.3) is 0 Å². The maximum absolute atomic E-state index is 12.4. The number of carbonyl (C=O) groups excluding carboxylic acids is 1. The van der Waals surface area contributed by atoms with Crippen LogP contribution in [0, 0.1) is 0 Å². The quantitative estimate of drug-likeness (QED) is 0.806. The summed E-state index contributed by atoms with van der Waals surface area (Å²) in [5, 5.41) is 3.20. The summed E-state index contributed by atoms with van der Waals surface area (Å²) < 4.78 is 0.778. The van der Waals surface area contributed by atoms with Crippen LogP contribution in [0.5, 0.6) is 0 Å². The van der Waals surface area contributed by atoms with Gasteiger partial charge in [-0.15, -0.1) is 11.3 Å². The van der Waals surface area contributed by atoms with Gasteiger partial charge in [0, 0.05) is 17.5 Å². The van der Waals surface area contributed by atoms with E-state index in [1.54, 1.807) is 11.3 Å². The molecule has 0 radical (unpaired) electrons. The number of hydrogen-bond donors (Lipinski definition) is 1. The number of rotatable bonds is 4. The van der Waals surface area contributed by atoms with E-state index in [1.807, 2.05) is 24.0 Å². The SMILES string of the molecule is CCN(Cc1ccc(Cl)s1)C(=O)NC1CCCCCC1. The van der Waals surface area contributed by atoms with E-state index < -0.39 is 0 Å². The Labute approximate surface area is 130 Å². The van der Waals surface area contributed by atoms with Gasteiger partial charge in [-0.3, -0.25) is 0 Å². The average molecular weight is 315 g/mol. The van der Waals surface area contributed by atoms with Crippen LogP contribution in [0.2, 0.25) is 4.34 Å². The number of nitrogens with zero attached hydrogens (tertiary/aromatic N) is 1. The van der Waals surface area contributed by atoms with E-state index in [1.165, 1.54) is 25.7 Å². The van der Waals surface area contributed by atoms with Crippen molar-refractivity contribution >= 4 is 29.0 Å². The van der Waals surface area contributed by atoms with Crippen molar-refractivity contribution in [2.24, 2.45) is 0 Å². The van der Waals surface area contributed by atoms with Crippen molar-refractivity contribution in [3.8, 4) is 0 Å². The van der Waals surface area contributed by atoms with E-state index in [9.17, 15) is 4.79 Å². The van der Waals surface area contributed by atoms with Crippen LogP contribution in [-0.2, 0) is 6.54 Å². The highest BCUT2D eigenvalue weighted by Gasteiger charge is 2.18. The molecule has 0 unspecified atom stereocenters. The average Bonchev–Trinajstić information content (AvgIpc) is 2.68. The van der Waals surface area contributed by atoms with Crippen LogP contribution in [0.3, 0.4) is 0 Å². The Bertz CT molecular complexity index is 427. The maximum atomic E-state index is 12.4. The van der Waals surface area contributed by atoms with Crippen molar-refractivity contribution in [3.63, 3.8) is 0 Å². The second-order valence-corrected chi connectivity index (χ2v) is 7.16. The van der Waals surface area contributed by atoms with E-state index in [0.717, 1.165) is 22.1 Å². The fourth-order valence-corrected chi connectivity index (χ4v) is 3.74. The first kappa shape index (κ1) is 15.6. The second kappa shape index (κ2) is 7.89. The lowest BCUT2D eigenvalue weighted by Crippen LogP contribution is -2.44. The molecule has 1 aliphatic carbocycles. The minimum Gasteiger partial charge on any atom is -0.335 e. The molecule has 1 heterocycles. The third-order valence-corrected chi connectivity index (χ3v) is 5.04. The van der Waals surface area contributed by atoms with Crippen LogP contribution in [0.25, 0.3) is 0 Å². The molecule has 0 aliphatic heterocycles. The highest BCUT2D eigenvalue weighted by molar-refractivity contribution is 7.16. The zero-order valence-electron chi connectivity index (χ0n) is 12.0. The number of amides is 2. The fourth-order valence-electron chi connectivity index (χ4n) is 2.64. The largest absolute Gasteiger partial charge is 0.335 e. The fraction of sp³-hybridized carbons (Fsp3) is 0.667. The summed E-state index contributed by atoms with van der Waals surface area (Å²) in [7, 11) is 0. The molecule has 1 N–H and O–H groups in total. The monoisotopic (exact) mass is 314 g/mol. The minimum atomic E-state index is 0.0592. The van der Waals surface area contributed by atoms with Crippen molar-refractivity contribution in [2.75, 3.05) is 6.54 Å². The van der Waals surface area contributed by atoms with E-state index in [0.29, 0.717) is 19.1 Å². The molecule has 0 aromatic carbocycles. The van der Waals surface area contributed by atoms with Crippen LogP contribution in [0.1, 0.15) is 50.3 Å². The smallest absolute Gasteiger partial charge is 0.317 e. The Morgan fingerprint density at radius 3 is 2.60 bits per heavy atom. The molecule has 1 fully saturated rings. The first-order valence-corrected chi connectivity index (χ1v) is 8.68. The molecular formula is C15H23ClN2OS. The lowest BCUT2D eigenvalue weighted by atomic mass is 10.1. The number of thiophene rings is 1. The highest BCUT2D eigenvalue weighted by atomic mass is 35.5. The van der Waals surface area contributed by atoms with Crippen molar-refractivity contribution in [3.05, 3.63) is 21.3 Å². The summed E-state index contributed by atoms with van der Waals surface area (Å²) in [6.45, 7) is 3.38. The molecule has 112 valence electrons. The Morgan fingerprint density at radius 2 is 2.05 bits per heavy atom. The summed E-state index contributed by atoms with van der Waals surface area (Å²) in [5.41, 5.74) is 0. The van der Waals surface area contributed by atoms with Gasteiger partial charge in [0.05, 0.1) is 10.9 Å². The predicted octanol–water partition coefficient (Wildman–Crippen LogP) is 4.66. The molecule has 0 atom stereocenters. The molecule has 2 rings (SSSR count). The number of hydrogen-bond acceptors (Lipinski definition) is 2. The third-order valence-electron chi connectivity index (χ3n) is 3.83. The molecular weight excluding hydrogens is 292 g/mol. The zero-order valence-corrected chi connectivity index (χ0v) is 13.6. The van der Waals surface area contributed by atoms with Gasteiger partial charge in [0.15, 0.2) is 0 Å². The highest BCUT2D eigenvalue weighted by Crippen LogP contribution is 2.23. The van der Waals surface area contributed by atoms with Crippen LogP contribution in [-0.4, -0.2) is 23.5 Å². The Hall–Kier alpha value is -0.740. The van der Waals surface area contributed by atoms with Gasteiger partial charge < -0.3 is 10.2 Å². The summed E-state index contributed by atoms with van der Waals surface area (Å²) in [6.07, 6.45) is 7.31. The van der Waals surface area contributed by atoms with Gasteiger partial charge >= 0.3 is 6.03 Å². The molecule has 20 heavy (non-hydrogen) atoms. The predicted molar refractivity (Wildman–Crippen MR) is 85.4 cm³/mol. The van der Waals surface area contributed by atoms with E-state index in [2.05, 4.69) is 5.32 Å². The Kier molecular flexibility index (Phi) is 6.17. The van der Waals surface area contributed by atoms with Crippen molar-refractivity contribution in [1.29, 1.82) is 0 Å². The third kappa shape index (κ3) is 4.67. The molecule has 1 aliphatic rings. The van der Waals surface area contributed by atoms with Crippen LogP contribution < -0.4 is 5.32 Å². The van der Waals surface area contributed by atoms with E-state index in [4.69, 9.17) is 11.6 Å². The number of nitrogens with one attached hydrogen (secondary N) is 1. The summed E-state index contributed by atoms with van der Waals surface area (Å²) >= 11 is 7.48. The number of carbonyl (C=O) groups is 1. The molecule has 5 heteroatoms. The van der Waals surface area contributed by atoms with Crippen molar-refractivity contribution in [1.82, 2.24) is 10.2 Å². The lowest BCUT2D eigenvalue weighted by molar-refractivity contribution is 0.193. The second-order valence-electron chi connectivity index (χ2n) is 5.36. The number of halogens is 1. The molecule has 3 nitrogen and oxygen atoms in total. The van der Waals surface area contributed by atoms with Gasteiger partial charge in [-0.05, 0) is 31.9 Å². The molecule has 2 amide bonds.